The molecule has 1 saturated carbocycles. The molecular formula is C10H15NO. The highest BCUT2D eigenvalue weighted by molar-refractivity contribution is 5.10. The van der Waals surface area contributed by atoms with Crippen LogP contribution in [0, 0.1) is 0 Å². The van der Waals surface area contributed by atoms with Crippen LogP contribution in [0.1, 0.15) is 37.3 Å². The second-order valence-electron chi connectivity index (χ2n) is 3.64. The molecule has 0 radical (unpaired) electrons. The Balaban J connectivity index is 2.04. The molecule has 0 saturated heterocycles. The van der Waals surface area contributed by atoms with E-state index in [-0.39, 0.29) is 6.10 Å². The lowest BCUT2D eigenvalue weighted by Crippen LogP contribution is -2.18. The van der Waals surface area contributed by atoms with Crippen LogP contribution in [0.2, 0.25) is 0 Å². The summed E-state index contributed by atoms with van der Waals surface area (Å²) in [6.45, 7) is 0. The Morgan fingerprint density at radius 1 is 1.42 bits per heavy atom. The number of aliphatic hydroxyl groups excluding tert-OH is 1. The SMILES string of the molecule is OC1CCCC(c2ccc[nH]2)C1. The summed E-state index contributed by atoms with van der Waals surface area (Å²) in [5.41, 5.74) is 1.29. The Hall–Kier alpha value is -0.760. The van der Waals surface area contributed by atoms with Gasteiger partial charge in [-0.25, -0.2) is 0 Å². The zero-order valence-electron chi connectivity index (χ0n) is 7.16. The molecular weight excluding hydrogens is 150 g/mol. The first-order valence-electron chi connectivity index (χ1n) is 4.67. The first kappa shape index (κ1) is 7.87. The maximum absolute atomic E-state index is 9.46. The van der Waals surface area contributed by atoms with Gasteiger partial charge in [0.2, 0.25) is 0 Å². The maximum atomic E-state index is 9.46. The van der Waals surface area contributed by atoms with Gasteiger partial charge in [0.05, 0.1) is 6.10 Å². The van der Waals surface area contributed by atoms with Crippen molar-refractivity contribution in [2.45, 2.75) is 37.7 Å². The van der Waals surface area contributed by atoms with Crippen molar-refractivity contribution in [2.24, 2.45) is 0 Å². The third kappa shape index (κ3) is 1.53. The molecule has 1 aromatic rings. The highest BCUT2D eigenvalue weighted by Gasteiger charge is 2.21. The van der Waals surface area contributed by atoms with E-state index < -0.39 is 0 Å². The minimum atomic E-state index is -0.0768. The molecule has 1 aliphatic rings. The van der Waals surface area contributed by atoms with E-state index in [1.54, 1.807) is 0 Å². The number of H-pyrrole nitrogens is 1. The Morgan fingerprint density at radius 3 is 3.00 bits per heavy atom. The Labute approximate surface area is 72.6 Å². The Bertz CT molecular complexity index is 230. The van der Waals surface area contributed by atoms with E-state index in [2.05, 4.69) is 11.1 Å². The van der Waals surface area contributed by atoms with Crippen molar-refractivity contribution in [1.82, 2.24) is 4.98 Å². The molecule has 0 aliphatic heterocycles. The molecule has 2 rings (SSSR count). The highest BCUT2D eigenvalue weighted by atomic mass is 16.3. The number of rotatable bonds is 1. The van der Waals surface area contributed by atoms with Crippen LogP contribution in [0.4, 0.5) is 0 Å². The molecule has 1 aromatic heterocycles. The first-order valence-corrected chi connectivity index (χ1v) is 4.67. The summed E-state index contributed by atoms with van der Waals surface area (Å²) in [6, 6.07) is 4.14. The quantitative estimate of drug-likeness (QED) is 0.656. The molecule has 2 heteroatoms. The second kappa shape index (κ2) is 3.31. The Morgan fingerprint density at radius 2 is 2.33 bits per heavy atom. The molecule has 2 N–H and O–H groups in total. The lowest BCUT2D eigenvalue weighted by Gasteiger charge is -2.24. The van der Waals surface area contributed by atoms with Crippen molar-refractivity contribution in [3.05, 3.63) is 24.0 Å². The van der Waals surface area contributed by atoms with E-state index in [0.29, 0.717) is 5.92 Å². The van der Waals surface area contributed by atoms with Crippen molar-refractivity contribution in [3.8, 4) is 0 Å². The van der Waals surface area contributed by atoms with Crippen molar-refractivity contribution >= 4 is 0 Å². The molecule has 1 aliphatic carbocycles. The van der Waals surface area contributed by atoms with Gasteiger partial charge in [0, 0.05) is 17.8 Å². The van der Waals surface area contributed by atoms with Crippen LogP contribution in [-0.2, 0) is 0 Å². The lowest BCUT2D eigenvalue weighted by atomic mass is 9.85. The van der Waals surface area contributed by atoms with Gasteiger partial charge >= 0.3 is 0 Å². The predicted octanol–water partition coefficient (Wildman–Crippen LogP) is 2.03. The van der Waals surface area contributed by atoms with Gasteiger partial charge in [0.25, 0.3) is 0 Å². The fraction of sp³-hybridized carbons (Fsp3) is 0.600. The van der Waals surface area contributed by atoms with Gasteiger partial charge in [0.15, 0.2) is 0 Å². The molecule has 2 nitrogen and oxygen atoms in total. The van der Waals surface area contributed by atoms with E-state index in [4.69, 9.17) is 0 Å². The van der Waals surface area contributed by atoms with Crippen LogP contribution >= 0.6 is 0 Å². The molecule has 0 amide bonds. The van der Waals surface area contributed by atoms with E-state index in [9.17, 15) is 5.11 Å². The molecule has 1 fully saturated rings. The summed E-state index contributed by atoms with van der Waals surface area (Å²) in [5, 5.41) is 9.46. The minimum absolute atomic E-state index is 0.0768. The van der Waals surface area contributed by atoms with E-state index in [0.717, 1.165) is 19.3 Å². The summed E-state index contributed by atoms with van der Waals surface area (Å²) >= 11 is 0. The number of hydrogen-bond donors (Lipinski definition) is 2. The summed E-state index contributed by atoms with van der Waals surface area (Å²) < 4.78 is 0. The fourth-order valence-corrected chi connectivity index (χ4v) is 2.04. The Kier molecular flexibility index (Phi) is 2.17. The maximum Gasteiger partial charge on any atom is 0.0546 e. The van der Waals surface area contributed by atoms with Gasteiger partial charge in [0.1, 0.15) is 0 Å². The third-order valence-corrected chi connectivity index (χ3v) is 2.71. The summed E-state index contributed by atoms with van der Waals surface area (Å²) in [6.07, 6.45) is 6.17. The van der Waals surface area contributed by atoms with Gasteiger partial charge < -0.3 is 10.1 Å². The van der Waals surface area contributed by atoms with Gasteiger partial charge in [-0.15, -0.1) is 0 Å². The third-order valence-electron chi connectivity index (χ3n) is 2.71. The average Bonchev–Trinajstić information content (AvgIpc) is 2.56. The zero-order valence-corrected chi connectivity index (χ0v) is 7.16. The smallest absolute Gasteiger partial charge is 0.0546 e. The molecule has 0 spiro atoms. The zero-order chi connectivity index (χ0) is 8.39. The van der Waals surface area contributed by atoms with E-state index in [1.165, 1.54) is 12.1 Å². The monoisotopic (exact) mass is 165 g/mol. The average molecular weight is 165 g/mol. The standard InChI is InChI=1S/C10H15NO/c12-9-4-1-3-8(7-9)10-5-2-6-11-10/h2,5-6,8-9,11-12H,1,3-4,7H2. The topological polar surface area (TPSA) is 36.0 Å². The van der Waals surface area contributed by atoms with Gasteiger partial charge in [-0.1, -0.05) is 6.42 Å². The highest BCUT2D eigenvalue weighted by Crippen LogP contribution is 2.31. The number of aliphatic hydroxyl groups is 1. The largest absolute Gasteiger partial charge is 0.393 e. The van der Waals surface area contributed by atoms with Crippen LogP contribution in [0.15, 0.2) is 18.3 Å². The predicted molar refractivity (Wildman–Crippen MR) is 48.0 cm³/mol. The van der Waals surface area contributed by atoms with Crippen LogP contribution in [0.5, 0.6) is 0 Å². The molecule has 0 aromatic carbocycles. The molecule has 1 heterocycles. The molecule has 2 unspecified atom stereocenters. The number of hydrogen-bond acceptors (Lipinski definition) is 1. The molecule has 0 bridgehead atoms. The number of nitrogens with one attached hydrogen (secondary N) is 1. The van der Waals surface area contributed by atoms with Gasteiger partial charge in [-0.3, -0.25) is 0 Å². The summed E-state index contributed by atoms with van der Waals surface area (Å²) in [7, 11) is 0. The van der Waals surface area contributed by atoms with Crippen LogP contribution in [0.3, 0.4) is 0 Å². The van der Waals surface area contributed by atoms with Gasteiger partial charge in [-0.05, 0) is 31.4 Å². The minimum Gasteiger partial charge on any atom is -0.393 e. The molecule has 12 heavy (non-hydrogen) atoms. The lowest BCUT2D eigenvalue weighted by molar-refractivity contribution is 0.119. The van der Waals surface area contributed by atoms with E-state index in [1.807, 2.05) is 12.3 Å². The number of aromatic nitrogens is 1. The summed E-state index contributed by atoms with van der Waals surface area (Å²) in [4.78, 5) is 3.22. The summed E-state index contributed by atoms with van der Waals surface area (Å²) in [5.74, 6) is 0.559. The van der Waals surface area contributed by atoms with Crippen molar-refractivity contribution < 1.29 is 5.11 Å². The molecule has 66 valence electrons. The normalized spacial score (nSPS) is 30.4. The second-order valence-corrected chi connectivity index (χ2v) is 3.64. The first-order chi connectivity index (χ1) is 5.86. The molecule has 2 atom stereocenters. The van der Waals surface area contributed by atoms with Crippen molar-refractivity contribution in [3.63, 3.8) is 0 Å². The van der Waals surface area contributed by atoms with Gasteiger partial charge in [-0.2, -0.15) is 0 Å². The van der Waals surface area contributed by atoms with Crippen molar-refractivity contribution in [1.29, 1.82) is 0 Å². The van der Waals surface area contributed by atoms with Crippen molar-refractivity contribution in [2.75, 3.05) is 0 Å². The van der Waals surface area contributed by atoms with Crippen LogP contribution in [-0.4, -0.2) is 16.2 Å². The van der Waals surface area contributed by atoms with Crippen LogP contribution in [0.25, 0.3) is 0 Å². The fourth-order valence-electron chi connectivity index (χ4n) is 2.04. The van der Waals surface area contributed by atoms with E-state index >= 15 is 0 Å². The number of aromatic amines is 1. The van der Waals surface area contributed by atoms with Crippen LogP contribution < -0.4 is 0 Å².